The van der Waals surface area contributed by atoms with Crippen molar-refractivity contribution < 1.29 is 13.9 Å². The van der Waals surface area contributed by atoms with Gasteiger partial charge in [-0.2, -0.15) is 0 Å². The molecule has 6 nitrogen and oxygen atoms in total. The zero-order chi connectivity index (χ0) is 26.3. The summed E-state index contributed by atoms with van der Waals surface area (Å²) in [6, 6.07) is 23.0. The average Bonchev–Trinajstić information content (AvgIpc) is 2.94. The predicted molar refractivity (Wildman–Crippen MR) is 148 cm³/mol. The molecule has 3 N–H and O–H groups in total. The Kier molecular flexibility index (Phi) is 8.56. The fraction of sp³-hybridized carbons (Fsp3) is 0.387. The smallest absolute Gasteiger partial charge is 0.251 e. The molecule has 3 aromatic carbocycles. The number of rotatable bonds is 8. The van der Waals surface area contributed by atoms with Crippen LogP contribution in [0.2, 0.25) is 0 Å². The minimum Gasteiger partial charge on any atom is -0.487 e. The molecule has 38 heavy (non-hydrogen) atoms. The second kappa shape index (κ2) is 12.4. The maximum Gasteiger partial charge on any atom is 0.251 e. The molecular weight excluding hydrogens is 479 g/mol. The Labute approximate surface area is 224 Å². The Morgan fingerprint density at radius 3 is 2.08 bits per heavy atom. The van der Waals surface area contributed by atoms with Gasteiger partial charge in [-0.25, -0.2) is 4.39 Å². The van der Waals surface area contributed by atoms with Gasteiger partial charge in [-0.1, -0.05) is 42.5 Å². The molecule has 3 aromatic rings. The summed E-state index contributed by atoms with van der Waals surface area (Å²) in [5.41, 5.74) is 9.41. The Hall–Kier alpha value is -3.42. The summed E-state index contributed by atoms with van der Waals surface area (Å²) >= 11 is 0. The van der Waals surface area contributed by atoms with E-state index in [2.05, 4.69) is 51.5 Å². The number of ether oxygens (including phenoxy) is 1. The van der Waals surface area contributed by atoms with Crippen LogP contribution in [0.15, 0.2) is 72.8 Å². The van der Waals surface area contributed by atoms with Gasteiger partial charge in [0.1, 0.15) is 6.10 Å². The van der Waals surface area contributed by atoms with E-state index in [0.29, 0.717) is 5.56 Å². The van der Waals surface area contributed by atoms with Gasteiger partial charge in [-0.3, -0.25) is 14.6 Å². The normalized spacial score (nSPS) is 17.8. The maximum atomic E-state index is 14.9. The second-order valence-corrected chi connectivity index (χ2v) is 10.5. The molecule has 0 radical (unpaired) electrons. The monoisotopic (exact) mass is 516 g/mol. The van der Waals surface area contributed by atoms with E-state index >= 15 is 0 Å². The Morgan fingerprint density at radius 1 is 0.842 bits per heavy atom. The quantitative estimate of drug-likeness (QED) is 0.419. The Bertz CT molecular complexity index is 1190. The topological polar surface area (TPSA) is 70.8 Å². The third-order valence-corrected chi connectivity index (χ3v) is 7.58. The van der Waals surface area contributed by atoms with Gasteiger partial charge in [0.15, 0.2) is 11.6 Å². The molecule has 2 heterocycles. The fourth-order valence-corrected chi connectivity index (χ4v) is 5.33. The van der Waals surface area contributed by atoms with Crippen molar-refractivity contribution in [2.45, 2.75) is 50.9 Å². The number of piperidine rings is 2. The first kappa shape index (κ1) is 26.2. The van der Waals surface area contributed by atoms with Crippen molar-refractivity contribution >= 4 is 11.6 Å². The van der Waals surface area contributed by atoms with Crippen molar-refractivity contribution in [3.63, 3.8) is 0 Å². The molecule has 0 atom stereocenters. The molecule has 0 saturated carbocycles. The number of hydrogen-bond acceptors (Lipinski definition) is 5. The minimum atomic E-state index is -0.486. The molecule has 2 aliphatic rings. The van der Waals surface area contributed by atoms with Gasteiger partial charge >= 0.3 is 0 Å². The van der Waals surface area contributed by atoms with Crippen LogP contribution in [0, 0.1) is 5.82 Å². The second-order valence-electron chi connectivity index (χ2n) is 10.5. The molecule has 0 spiro atoms. The number of nitrogens with zero attached hydrogens (tertiary/aromatic N) is 2. The number of nitrogens with two attached hydrogens (primary N) is 1. The molecule has 5 rings (SSSR count). The summed E-state index contributed by atoms with van der Waals surface area (Å²) in [6.45, 7) is 5.44. The number of nitrogen functional groups attached to an aromatic ring is 1. The first-order valence-corrected chi connectivity index (χ1v) is 13.6. The lowest BCUT2D eigenvalue weighted by Gasteiger charge is -2.32. The number of nitrogens with one attached hydrogen (secondary N) is 1. The number of halogens is 1. The third-order valence-electron chi connectivity index (χ3n) is 7.58. The lowest BCUT2D eigenvalue weighted by atomic mass is 10.0. The Morgan fingerprint density at radius 2 is 1.45 bits per heavy atom. The molecule has 1 amide bonds. The van der Waals surface area contributed by atoms with Crippen molar-refractivity contribution in [3.05, 3.63) is 95.3 Å². The van der Waals surface area contributed by atoms with Crippen molar-refractivity contribution in [2.75, 3.05) is 31.9 Å². The third kappa shape index (κ3) is 7.11. The van der Waals surface area contributed by atoms with E-state index in [0.717, 1.165) is 70.6 Å². The van der Waals surface area contributed by atoms with Gasteiger partial charge in [0.25, 0.3) is 5.91 Å². The van der Waals surface area contributed by atoms with Crippen LogP contribution in [0.1, 0.15) is 47.2 Å². The van der Waals surface area contributed by atoms with Crippen molar-refractivity contribution in [1.82, 2.24) is 15.1 Å². The highest BCUT2D eigenvalue weighted by atomic mass is 19.1. The zero-order valence-corrected chi connectivity index (χ0v) is 21.8. The first-order chi connectivity index (χ1) is 18.5. The van der Waals surface area contributed by atoms with Crippen LogP contribution < -0.4 is 15.8 Å². The fourth-order valence-electron chi connectivity index (χ4n) is 5.33. The van der Waals surface area contributed by atoms with Crippen molar-refractivity contribution in [2.24, 2.45) is 0 Å². The molecule has 200 valence electrons. The van der Waals surface area contributed by atoms with Gasteiger partial charge in [0.2, 0.25) is 0 Å². The lowest BCUT2D eigenvalue weighted by molar-refractivity contribution is 0.0904. The SMILES string of the molecule is Nc1ccc(CN2CCC(Oc3ccc(C(=O)NC4CCN(Cc5ccccc5)CC4)cc3F)CC2)cc1. The largest absolute Gasteiger partial charge is 0.487 e. The van der Waals surface area contributed by atoms with E-state index in [-0.39, 0.29) is 23.8 Å². The van der Waals surface area contributed by atoms with E-state index < -0.39 is 5.82 Å². The molecule has 0 unspecified atom stereocenters. The van der Waals surface area contributed by atoms with Crippen molar-refractivity contribution in [3.8, 4) is 5.75 Å². The van der Waals surface area contributed by atoms with Crippen LogP contribution >= 0.6 is 0 Å². The molecule has 0 bridgehead atoms. The van der Waals surface area contributed by atoms with E-state index in [1.165, 1.54) is 17.2 Å². The highest BCUT2D eigenvalue weighted by Crippen LogP contribution is 2.24. The van der Waals surface area contributed by atoms with Gasteiger partial charge in [0.05, 0.1) is 0 Å². The number of likely N-dealkylation sites (tertiary alicyclic amines) is 2. The average molecular weight is 517 g/mol. The molecule has 2 aliphatic heterocycles. The van der Waals surface area contributed by atoms with E-state index in [9.17, 15) is 9.18 Å². The van der Waals surface area contributed by atoms with Gasteiger partial charge in [-0.15, -0.1) is 0 Å². The zero-order valence-electron chi connectivity index (χ0n) is 21.8. The minimum absolute atomic E-state index is 0.0343. The summed E-state index contributed by atoms with van der Waals surface area (Å²) in [5, 5.41) is 3.09. The summed E-state index contributed by atoms with van der Waals surface area (Å²) < 4.78 is 20.9. The van der Waals surface area contributed by atoms with Crippen LogP contribution in [0.4, 0.5) is 10.1 Å². The van der Waals surface area contributed by atoms with Crippen LogP contribution in [-0.4, -0.2) is 54.0 Å². The Balaban J connectivity index is 1.06. The number of amides is 1. The van der Waals surface area contributed by atoms with E-state index in [4.69, 9.17) is 10.5 Å². The standard InChI is InChI=1S/C31H37FN4O2/c32-29-20-25(31(37)34-27-12-16-35(17-13-27)21-23-4-2-1-3-5-23)8-11-30(29)38-28-14-18-36(19-15-28)22-24-6-9-26(33)10-7-24/h1-11,20,27-28H,12-19,21-22,33H2,(H,34,37). The lowest BCUT2D eigenvalue weighted by Crippen LogP contribution is -2.44. The molecule has 2 saturated heterocycles. The van der Waals surface area contributed by atoms with Crippen LogP contribution in [-0.2, 0) is 13.1 Å². The van der Waals surface area contributed by atoms with Crippen LogP contribution in [0.5, 0.6) is 5.75 Å². The maximum absolute atomic E-state index is 14.9. The van der Waals surface area contributed by atoms with Crippen LogP contribution in [0.25, 0.3) is 0 Å². The van der Waals surface area contributed by atoms with Crippen molar-refractivity contribution in [1.29, 1.82) is 0 Å². The summed E-state index contributed by atoms with van der Waals surface area (Å²) in [6.07, 6.45) is 3.41. The highest BCUT2D eigenvalue weighted by Gasteiger charge is 2.24. The number of benzene rings is 3. The van der Waals surface area contributed by atoms with Gasteiger partial charge in [-0.05, 0) is 67.1 Å². The number of hydrogen-bond donors (Lipinski definition) is 2. The molecule has 7 heteroatoms. The highest BCUT2D eigenvalue weighted by molar-refractivity contribution is 5.94. The number of carbonyl (C=O) groups is 1. The summed E-state index contributed by atoms with van der Waals surface area (Å²) in [7, 11) is 0. The summed E-state index contributed by atoms with van der Waals surface area (Å²) in [5.74, 6) is -0.500. The number of anilines is 1. The van der Waals surface area contributed by atoms with Gasteiger partial charge in [0, 0.05) is 56.6 Å². The first-order valence-electron chi connectivity index (χ1n) is 13.6. The molecule has 0 aliphatic carbocycles. The van der Waals surface area contributed by atoms with Gasteiger partial charge < -0.3 is 15.8 Å². The number of carbonyl (C=O) groups excluding carboxylic acids is 1. The molecule has 2 fully saturated rings. The van der Waals surface area contributed by atoms with E-state index in [1.807, 2.05) is 18.2 Å². The molecular formula is C31H37FN4O2. The van der Waals surface area contributed by atoms with Crippen LogP contribution in [0.3, 0.4) is 0 Å². The van der Waals surface area contributed by atoms with E-state index in [1.54, 1.807) is 12.1 Å². The molecule has 0 aromatic heterocycles. The summed E-state index contributed by atoms with van der Waals surface area (Å²) in [4.78, 5) is 17.6. The predicted octanol–water partition coefficient (Wildman–Crippen LogP) is 4.85.